The van der Waals surface area contributed by atoms with Crippen molar-refractivity contribution in [3.8, 4) is 22.9 Å². The van der Waals surface area contributed by atoms with Crippen LogP contribution in [0.2, 0.25) is 0 Å². The summed E-state index contributed by atoms with van der Waals surface area (Å²) in [5.74, 6) is 0.559. The number of carbonyl (C=O) groups is 1. The van der Waals surface area contributed by atoms with Gasteiger partial charge in [-0.1, -0.05) is 48.9 Å². The predicted octanol–water partition coefficient (Wildman–Crippen LogP) is 3.34. The Kier molecular flexibility index (Phi) is 5.06. The molecule has 5 nitrogen and oxygen atoms in total. The molecule has 1 aliphatic heterocycles. The Morgan fingerprint density at radius 3 is 2.46 bits per heavy atom. The van der Waals surface area contributed by atoms with Crippen LogP contribution >= 0.6 is 0 Å². The summed E-state index contributed by atoms with van der Waals surface area (Å²) in [6.07, 6.45) is 2.83. The van der Waals surface area contributed by atoms with Crippen molar-refractivity contribution in [2.24, 2.45) is 5.92 Å². The number of rotatable bonds is 5. The Morgan fingerprint density at radius 2 is 1.86 bits per heavy atom. The molecule has 1 saturated carbocycles. The molecule has 1 N–H and O–H groups in total. The normalized spacial score (nSPS) is 24.0. The van der Waals surface area contributed by atoms with Gasteiger partial charge in [-0.15, -0.1) is 0 Å². The van der Waals surface area contributed by atoms with E-state index < -0.39 is 6.04 Å². The molecule has 28 heavy (non-hydrogen) atoms. The van der Waals surface area contributed by atoms with E-state index >= 15 is 0 Å². The molecule has 5 heteroatoms. The first-order chi connectivity index (χ1) is 13.7. The number of hydrogen-bond acceptors (Lipinski definition) is 4. The highest BCUT2D eigenvalue weighted by Crippen LogP contribution is 2.47. The van der Waals surface area contributed by atoms with Gasteiger partial charge in [0.2, 0.25) is 5.91 Å². The van der Waals surface area contributed by atoms with Crippen LogP contribution in [0.4, 0.5) is 0 Å². The topological polar surface area (TPSA) is 73.6 Å². The highest BCUT2D eigenvalue weighted by molar-refractivity contribution is 5.83. The van der Waals surface area contributed by atoms with Gasteiger partial charge in [0.1, 0.15) is 11.8 Å². The molecule has 0 aromatic heterocycles. The molecular weight excluding hydrogens is 352 g/mol. The van der Waals surface area contributed by atoms with E-state index in [1.54, 1.807) is 12.0 Å². The minimum atomic E-state index is -0.555. The van der Waals surface area contributed by atoms with Gasteiger partial charge >= 0.3 is 0 Å². The lowest BCUT2D eigenvalue weighted by Gasteiger charge is -2.53. The molecule has 1 amide bonds. The lowest BCUT2D eigenvalue weighted by Crippen LogP contribution is -2.66. The van der Waals surface area contributed by atoms with E-state index in [0.29, 0.717) is 0 Å². The zero-order chi connectivity index (χ0) is 19.7. The Balaban J connectivity index is 1.73. The van der Waals surface area contributed by atoms with Crippen LogP contribution in [-0.2, 0) is 4.79 Å². The van der Waals surface area contributed by atoms with Gasteiger partial charge in [-0.05, 0) is 30.0 Å². The van der Waals surface area contributed by atoms with Crippen molar-refractivity contribution in [3.05, 3.63) is 54.1 Å². The lowest BCUT2D eigenvalue weighted by atomic mass is 9.71. The van der Waals surface area contributed by atoms with Gasteiger partial charge in [-0.3, -0.25) is 4.79 Å². The third-order valence-electron chi connectivity index (χ3n) is 6.16. The fraction of sp³-hybridized carbons (Fsp3) is 0.391. The molecule has 144 valence electrons. The second kappa shape index (κ2) is 7.65. The van der Waals surface area contributed by atoms with Crippen molar-refractivity contribution in [1.82, 2.24) is 4.90 Å². The Labute approximate surface area is 165 Å². The minimum Gasteiger partial charge on any atom is -0.496 e. The van der Waals surface area contributed by atoms with Crippen LogP contribution in [0.5, 0.6) is 5.75 Å². The second-order valence-electron chi connectivity index (χ2n) is 7.51. The van der Waals surface area contributed by atoms with E-state index in [4.69, 9.17) is 4.74 Å². The number of aliphatic hydroxyl groups is 1. The van der Waals surface area contributed by atoms with Crippen molar-refractivity contribution in [1.29, 1.82) is 5.26 Å². The standard InChI is InChI=1S/C23H24N2O3/c1-28-21-12-5-4-10-17(21)16-9-2-3-11-18(16)22-19(13-24)25(20(22)14-26)23(27)15-7-6-8-15/h2-5,9-12,15,19-20,22,26H,6-8,14H2,1H3/t19-,20+,22-/m0/s1. The Hall–Kier alpha value is -2.84. The quantitative estimate of drug-likeness (QED) is 0.869. The molecule has 0 unspecified atom stereocenters. The first kappa shape index (κ1) is 18.5. The number of benzene rings is 2. The largest absolute Gasteiger partial charge is 0.496 e. The molecule has 0 radical (unpaired) electrons. The number of nitriles is 1. The molecule has 2 aromatic rings. The van der Waals surface area contributed by atoms with Crippen LogP contribution < -0.4 is 4.74 Å². The number of hydrogen-bond donors (Lipinski definition) is 1. The Bertz CT molecular complexity index is 916. The van der Waals surface area contributed by atoms with Gasteiger partial charge in [-0.25, -0.2) is 0 Å². The van der Waals surface area contributed by atoms with E-state index in [2.05, 4.69) is 6.07 Å². The maximum absolute atomic E-state index is 12.8. The fourth-order valence-electron chi connectivity index (χ4n) is 4.45. The van der Waals surface area contributed by atoms with E-state index in [0.717, 1.165) is 41.7 Å². The van der Waals surface area contributed by atoms with Crippen LogP contribution in [0.15, 0.2) is 48.5 Å². The van der Waals surface area contributed by atoms with Crippen molar-refractivity contribution < 1.29 is 14.6 Å². The Morgan fingerprint density at radius 1 is 1.18 bits per heavy atom. The van der Waals surface area contributed by atoms with Gasteiger partial charge in [0.25, 0.3) is 0 Å². The highest BCUT2D eigenvalue weighted by Gasteiger charge is 2.53. The van der Waals surface area contributed by atoms with Crippen molar-refractivity contribution >= 4 is 5.91 Å². The molecular formula is C23H24N2O3. The summed E-state index contributed by atoms with van der Waals surface area (Å²) in [6, 6.07) is 17.1. The molecule has 2 fully saturated rings. The number of methoxy groups -OCH3 is 1. The van der Waals surface area contributed by atoms with Crippen LogP contribution in [-0.4, -0.2) is 41.7 Å². The average molecular weight is 376 g/mol. The van der Waals surface area contributed by atoms with Crippen LogP contribution in [0.3, 0.4) is 0 Å². The highest BCUT2D eigenvalue weighted by atomic mass is 16.5. The van der Waals surface area contributed by atoms with Gasteiger partial charge in [0, 0.05) is 17.4 Å². The maximum Gasteiger partial charge on any atom is 0.227 e. The molecule has 2 aromatic carbocycles. The summed E-state index contributed by atoms with van der Waals surface area (Å²) in [5.41, 5.74) is 2.88. The van der Waals surface area contributed by atoms with E-state index in [-0.39, 0.29) is 30.4 Å². The van der Waals surface area contributed by atoms with Crippen LogP contribution in [0.25, 0.3) is 11.1 Å². The first-order valence-corrected chi connectivity index (χ1v) is 9.76. The monoisotopic (exact) mass is 376 g/mol. The van der Waals surface area contributed by atoms with Crippen molar-refractivity contribution in [2.75, 3.05) is 13.7 Å². The molecule has 1 saturated heterocycles. The van der Waals surface area contributed by atoms with Gasteiger partial charge in [0.05, 0.1) is 25.8 Å². The van der Waals surface area contributed by atoms with Gasteiger partial charge in [-0.2, -0.15) is 5.26 Å². The number of aliphatic hydroxyl groups excluding tert-OH is 1. The van der Waals surface area contributed by atoms with E-state index in [1.165, 1.54) is 0 Å². The molecule has 0 bridgehead atoms. The predicted molar refractivity (Wildman–Crippen MR) is 106 cm³/mol. The average Bonchev–Trinajstić information content (AvgIpc) is 2.67. The van der Waals surface area contributed by atoms with Crippen LogP contribution in [0, 0.1) is 17.2 Å². The summed E-state index contributed by atoms with van der Waals surface area (Å²) in [5, 5.41) is 19.9. The van der Waals surface area contributed by atoms with Gasteiger partial charge < -0.3 is 14.7 Å². The SMILES string of the molecule is COc1ccccc1-c1ccccc1[C@@H]1[C@@H](CO)N(C(=O)C2CCC2)[C@H]1C#N. The first-order valence-electron chi connectivity index (χ1n) is 9.76. The summed E-state index contributed by atoms with van der Waals surface area (Å²) >= 11 is 0. The zero-order valence-electron chi connectivity index (χ0n) is 15.9. The van der Waals surface area contributed by atoms with Gasteiger partial charge in [0.15, 0.2) is 0 Å². The fourth-order valence-corrected chi connectivity index (χ4v) is 4.45. The zero-order valence-corrected chi connectivity index (χ0v) is 15.9. The van der Waals surface area contributed by atoms with Crippen molar-refractivity contribution in [2.45, 2.75) is 37.3 Å². The molecule has 4 rings (SSSR count). The molecule has 3 atom stereocenters. The third-order valence-corrected chi connectivity index (χ3v) is 6.16. The number of amides is 1. The van der Waals surface area contributed by atoms with E-state index in [1.807, 2.05) is 48.5 Å². The molecule has 1 aliphatic carbocycles. The lowest BCUT2D eigenvalue weighted by molar-refractivity contribution is -0.154. The molecule has 0 spiro atoms. The van der Waals surface area contributed by atoms with Crippen molar-refractivity contribution in [3.63, 3.8) is 0 Å². The molecule has 1 heterocycles. The number of likely N-dealkylation sites (tertiary alicyclic amines) is 1. The number of para-hydroxylation sites is 1. The minimum absolute atomic E-state index is 0.00955. The molecule has 2 aliphatic rings. The number of ether oxygens (including phenoxy) is 1. The maximum atomic E-state index is 12.8. The third kappa shape index (κ3) is 2.85. The second-order valence-corrected chi connectivity index (χ2v) is 7.51. The summed E-state index contributed by atoms with van der Waals surface area (Å²) in [7, 11) is 1.64. The summed E-state index contributed by atoms with van der Waals surface area (Å²) in [6.45, 7) is -0.151. The van der Waals surface area contributed by atoms with E-state index in [9.17, 15) is 15.2 Å². The number of carbonyl (C=O) groups excluding carboxylic acids is 1. The smallest absolute Gasteiger partial charge is 0.227 e. The summed E-state index contributed by atoms with van der Waals surface area (Å²) < 4.78 is 5.53. The van der Waals surface area contributed by atoms with Crippen LogP contribution in [0.1, 0.15) is 30.7 Å². The summed E-state index contributed by atoms with van der Waals surface area (Å²) in [4.78, 5) is 14.4. The number of nitrogens with zero attached hydrogens (tertiary/aromatic N) is 2.